The molecule has 1 aliphatic heterocycles. The number of furan rings is 1. The van der Waals surface area contributed by atoms with Crippen LogP contribution in [0.25, 0.3) is 6.08 Å². The summed E-state index contributed by atoms with van der Waals surface area (Å²) < 4.78 is 62.2. The van der Waals surface area contributed by atoms with Crippen molar-refractivity contribution in [3.63, 3.8) is 0 Å². The zero-order valence-corrected chi connectivity index (χ0v) is 16.6. The van der Waals surface area contributed by atoms with Crippen molar-refractivity contribution in [3.05, 3.63) is 58.4 Å². The molecule has 1 aromatic heterocycles. The maximum atomic E-state index is 13.1. The number of halogens is 2. The van der Waals surface area contributed by atoms with E-state index in [9.17, 15) is 17.2 Å². The molecule has 9 heteroatoms. The van der Waals surface area contributed by atoms with Gasteiger partial charge >= 0.3 is 6.61 Å². The van der Waals surface area contributed by atoms with Crippen molar-refractivity contribution in [2.75, 3.05) is 26.2 Å². The highest BCUT2D eigenvalue weighted by Gasteiger charge is 2.31. The van der Waals surface area contributed by atoms with Crippen LogP contribution in [0.15, 0.2) is 45.9 Å². The molecule has 0 spiro atoms. The quantitative estimate of drug-likeness (QED) is 0.712. The van der Waals surface area contributed by atoms with E-state index >= 15 is 0 Å². The molecule has 0 N–H and O–H groups in total. The Bertz CT molecular complexity index is 982. The van der Waals surface area contributed by atoms with E-state index in [4.69, 9.17) is 4.42 Å². The number of ether oxygens (including phenoxy) is 1. The summed E-state index contributed by atoms with van der Waals surface area (Å²) in [5, 5.41) is 0. The van der Waals surface area contributed by atoms with Crippen molar-refractivity contribution in [3.8, 4) is 5.75 Å². The fraction of sp³-hybridized carbons (Fsp3) is 0.400. The molecule has 156 valence electrons. The summed E-state index contributed by atoms with van der Waals surface area (Å²) in [6.07, 6.45) is 4.10. The van der Waals surface area contributed by atoms with Gasteiger partial charge in [-0.05, 0) is 54.3 Å². The van der Waals surface area contributed by atoms with E-state index in [1.165, 1.54) is 10.4 Å². The molecule has 0 bridgehead atoms. The summed E-state index contributed by atoms with van der Waals surface area (Å²) in [6, 6.07) is 8.36. The number of hydrogen-bond acceptors (Lipinski definition) is 5. The maximum absolute atomic E-state index is 13.1. The van der Waals surface area contributed by atoms with Crippen LogP contribution in [0.3, 0.4) is 0 Å². The molecular weight excluding hydrogens is 402 g/mol. The van der Waals surface area contributed by atoms with Crippen LogP contribution in [-0.4, -0.2) is 50.4 Å². The van der Waals surface area contributed by atoms with Crippen LogP contribution in [0.5, 0.6) is 5.75 Å². The number of rotatable bonds is 6. The highest BCUT2D eigenvalue weighted by atomic mass is 32.2. The predicted molar refractivity (Wildman–Crippen MR) is 104 cm³/mol. The van der Waals surface area contributed by atoms with Gasteiger partial charge in [-0.25, -0.2) is 8.42 Å². The van der Waals surface area contributed by atoms with E-state index in [1.54, 1.807) is 24.5 Å². The molecular formula is C20H22F2N2O4S. The predicted octanol–water partition coefficient (Wildman–Crippen LogP) is 3.32. The van der Waals surface area contributed by atoms with Crippen molar-refractivity contribution >= 4 is 16.1 Å². The number of piperazine rings is 1. The first-order valence-electron chi connectivity index (χ1n) is 9.45. The molecule has 1 aromatic carbocycles. The number of hydrogen-bond donors (Lipinski definition) is 0. The molecule has 4 rings (SSSR count). The lowest BCUT2D eigenvalue weighted by atomic mass is 9.97. The lowest BCUT2D eigenvalue weighted by Crippen LogP contribution is -2.48. The van der Waals surface area contributed by atoms with E-state index in [0.29, 0.717) is 50.5 Å². The molecule has 1 aliphatic carbocycles. The third-order valence-corrected chi connectivity index (χ3v) is 7.29. The second-order valence-electron chi connectivity index (χ2n) is 7.11. The van der Waals surface area contributed by atoms with Gasteiger partial charge in [0.15, 0.2) is 0 Å². The second-order valence-corrected chi connectivity index (χ2v) is 9.10. The minimum atomic E-state index is -3.55. The van der Waals surface area contributed by atoms with Gasteiger partial charge in [-0.1, -0.05) is 6.07 Å². The Balaban J connectivity index is 1.43. The lowest BCUT2D eigenvalue weighted by Gasteiger charge is -2.34. The zero-order valence-electron chi connectivity index (χ0n) is 15.8. The van der Waals surface area contributed by atoms with Gasteiger partial charge < -0.3 is 9.15 Å². The summed E-state index contributed by atoms with van der Waals surface area (Å²) in [7, 11) is -3.55. The number of sulfonamides is 1. The molecule has 2 heterocycles. The van der Waals surface area contributed by atoms with Crippen molar-refractivity contribution in [1.82, 2.24) is 9.21 Å². The molecule has 0 saturated carbocycles. The summed E-state index contributed by atoms with van der Waals surface area (Å²) in [4.78, 5) is 2.53. The van der Waals surface area contributed by atoms with Gasteiger partial charge in [0.2, 0.25) is 10.0 Å². The maximum Gasteiger partial charge on any atom is 0.387 e. The van der Waals surface area contributed by atoms with Crippen LogP contribution in [0.1, 0.15) is 23.3 Å². The molecule has 0 amide bonds. The Hall–Kier alpha value is -2.23. The second kappa shape index (κ2) is 8.25. The third kappa shape index (κ3) is 4.52. The third-order valence-electron chi connectivity index (χ3n) is 5.26. The smallest absolute Gasteiger partial charge is 0.387 e. The monoisotopic (exact) mass is 424 g/mol. The lowest BCUT2D eigenvalue weighted by molar-refractivity contribution is -0.0498. The van der Waals surface area contributed by atoms with Gasteiger partial charge in [0.1, 0.15) is 11.5 Å². The van der Waals surface area contributed by atoms with E-state index in [2.05, 4.69) is 9.64 Å². The van der Waals surface area contributed by atoms with Gasteiger partial charge in [0, 0.05) is 26.2 Å². The van der Waals surface area contributed by atoms with Crippen LogP contribution in [-0.2, 0) is 23.0 Å². The normalized spacial score (nSPS) is 18.5. The van der Waals surface area contributed by atoms with Gasteiger partial charge in [0.25, 0.3) is 0 Å². The summed E-state index contributed by atoms with van der Waals surface area (Å²) in [5.74, 6) is 0.953. The van der Waals surface area contributed by atoms with E-state index in [-0.39, 0.29) is 5.75 Å². The van der Waals surface area contributed by atoms with Crippen molar-refractivity contribution in [2.45, 2.75) is 26.0 Å². The molecule has 1 fully saturated rings. The average molecular weight is 424 g/mol. The molecule has 0 atom stereocenters. The van der Waals surface area contributed by atoms with E-state index in [1.807, 2.05) is 12.1 Å². The number of alkyl halides is 2. The van der Waals surface area contributed by atoms with Crippen LogP contribution in [0.2, 0.25) is 0 Å². The minimum absolute atomic E-state index is 0.0890. The SMILES string of the molecule is O=S(=O)(C1=Cc2ccc(OC(F)F)cc2CC1)N1CCN(Cc2ccco2)CC1. The highest BCUT2D eigenvalue weighted by molar-refractivity contribution is 7.93. The standard InChI is InChI=1S/C20H22F2N2O4S/c21-20(22)28-17-5-3-16-13-19(6-4-15(16)12-17)29(25,26)24-9-7-23(8-10-24)14-18-2-1-11-27-18/h1-3,5,11-13,20H,4,6-10,14H2. The van der Waals surface area contributed by atoms with Gasteiger partial charge in [-0.3, -0.25) is 4.90 Å². The van der Waals surface area contributed by atoms with Crippen LogP contribution < -0.4 is 4.74 Å². The Morgan fingerprint density at radius 2 is 1.90 bits per heavy atom. The summed E-state index contributed by atoms with van der Waals surface area (Å²) in [5.41, 5.74) is 1.54. The molecule has 0 unspecified atom stereocenters. The fourth-order valence-corrected chi connectivity index (χ4v) is 5.35. The van der Waals surface area contributed by atoms with Crippen LogP contribution in [0.4, 0.5) is 8.78 Å². The first kappa shape index (κ1) is 20.1. The minimum Gasteiger partial charge on any atom is -0.468 e. The first-order chi connectivity index (χ1) is 13.9. The van der Waals surface area contributed by atoms with E-state index in [0.717, 1.165) is 16.9 Å². The number of aryl methyl sites for hydroxylation is 1. The Labute approximate surface area is 168 Å². The summed E-state index contributed by atoms with van der Waals surface area (Å²) >= 11 is 0. The summed E-state index contributed by atoms with van der Waals surface area (Å²) in [6.45, 7) is -0.0893. The van der Waals surface area contributed by atoms with Gasteiger partial charge in [-0.15, -0.1) is 0 Å². The highest BCUT2D eigenvalue weighted by Crippen LogP contribution is 2.32. The first-order valence-corrected chi connectivity index (χ1v) is 10.9. The molecule has 2 aromatic rings. The molecule has 6 nitrogen and oxygen atoms in total. The van der Waals surface area contributed by atoms with E-state index < -0.39 is 16.6 Å². The molecule has 2 aliphatic rings. The average Bonchev–Trinajstić information content (AvgIpc) is 3.20. The van der Waals surface area contributed by atoms with Gasteiger partial charge in [0.05, 0.1) is 17.7 Å². The fourth-order valence-electron chi connectivity index (χ4n) is 3.74. The number of nitrogens with zero attached hydrogens (tertiary/aromatic N) is 2. The van der Waals surface area contributed by atoms with Crippen LogP contribution in [0, 0.1) is 0 Å². The zero-order chi connectivity index (χ0) is 20.4. The van der Waals surface area contributed by atoms with Crippen molar-refractivity contribution in [1.29, 1.82) is 0 Å². The van der Waals surface area contributed by atoms with Gasteiger partial charge in [-0.2, -0.15) is 13.1 Å². The largest absolute Gasteiger partial charge is 0.468 e. The Morgan fingerprint density at radius 3 is 2.59 bits per heavy atom. The number of allylic oxidation sites excluding steroid dienone is 1. The molecule has 29 heavy (non-hydrogen) atoms. The Morgan fingerprint density at radius 1 is 1.10 bits per heavy atom. The number of benzene rings is 1. The topological polar surface area (TPSA) is 63.0 Å². The van der Waals surface area contributed by atoms with Crippen molar-refractivity contribution < 1.29 is 26.4 Å². The number of fused-ring (bicyclic) bond motifs is 1. The Kier molecular flexibility index (Phi) is 5.71. The van der Waals surface area contributed by atoms with Crippen LogP contribution >= 0.6 is 0 Å². The molecule has 0 radical (unpaired) electrons. The van der Waals surface area contributed by atoms with Crippen molar-refractivity contribution in [2.24, 2.45) is 0 Å². The molecule has 1 saturated heterocycles.